The van der Waals surface area contributed by atoms with Crippen LogP contribution in [0.5, 0.6) is 11.5 Å². The van der Waals surface area contributed by atoms with Crippen molar-refractivity contribution in [2.24, 2.45) is 5.92 Å². The molecule has 0 unspecified atom stereocenters. The van der Waals surface area contributed by atoms with Crippen LogP contribution < -0.4 is 14.8 Å². The van der Waals surface area contributed by atoms with E-state index >= 15 is 0 Å². The van der Waals surface area contributed by atoms with Gasteiger partial charge in [0.2, 0.25) is 0 Å². The maximum atomic E-state index is 12.3. The molecule has 4 heteroatoms. The van der Waals surface area contributed by atoms with Gasteiger partial charge in [-0.15, -0.1) is 0 Å². The fraction of sp³-hybridized carbons (Fsp3) is 0.286. The molecule has 1 N–H and O–H groups in total. The second kappa shape index (κ2) is 9.52. The van der Waals surface area contributed by atoms with Gasteiger partial charge in [-0.05, 0) is 60.9 Å². The molecule has 0 aromatic heterocycles. The lowest BCUT2D eigenvalue weighted by atomic mass is 10.1. The van der Waals surface area contributed by atoms with E-state index in [-0.39, 0.29) is 5.91 Å². The maximum absolute atomic E-state index is 12.3. The molecular weight excluding hydrogens is 314 g/mol. The molecule has 0 bridgehead atoms. The number of rotatable bonds is 9. The Morgan fingerprint density at radius 2 is 1.64 bits per heavy atom. The highest BCUT2D eigenvalue weighted by atomic mass is 16.5. The van der Waals surface area contributed by atoms with Crippen LogP contribution in [0.3, 0.4) is 0 Å². The SMILES string of the molecule is C=CCOc1ccc(C(=O)Nc2ccc(OCCC(C)C)cc2)cc1. The zero-order valence-electron chi connectivity index (χ0n) is 14.8. The van der Waals surface area contributed by atoms with E-state index in [2.05, 4.69) is 25.7 Å². The Hall–Kier alpha value is -2.75. The molecule has 0 aliphatic rings. The first-order valence-corrected chi connectivity index (χ1v) is 8.46. The molecule has 0 atom stereocenters. The van der Waals surface area contributed by atoms with Crippen LogP contribution in [0.25, 0.3) is 0 Å². The summed E-state index contributed by atoms with van der Waals surface area (Å²) in [5, 5.41) is 2.87. The summed E-state index contributed by atoms with van der Waals surface area (Å²) < 4.78 is 11.1. The number of hydrogen-bond acceptors (Lipinski definition) is 3. The van der Waals surface area contributed by atoms with Crippen molar-refractivity contribution < 1.29 is 14.3 Å². The van der Waals surface area contributed by atoms with Crippen molar-refractivity contribution >= 4 is 11.6 Å². The average Bonchev–Trinajstić information content (AvgIpc) is 2.61. The van der Waals surface area contributed by atoms with Crippen molar-refractivity contribution in [2.75, 3.05) is 18.5 Å². The Balaban J connectivity index is 1.88. The number of carbonyl (C=O) groups excluding carboxylic acids is 1. The number of ether oxygens (including phenoxy) is 2. The number of nitrogens with one attached hydrogen (secondary N) is 1. The third-order valence-electron chi connectivity index (χ3n) is 3.56. The van der Waals surface area contributed by atoms with Crippen LogP contribution in [0, 0.1) is 5.92 Å². The molecule has 25 heavy (non-hydrogen) atoms. The predicted molar refractivity (Wildman–Crippen MR) is 101 cm³/mol. The van der Waals surface area contributed by atoms with E-state index in [1.54, 1.807) is 30.3 Å². The molecule has 0 heterocycles. The number of benzene rings is 2. The van der Waals surface area contributed by atoms with Gasteiger partial charge in [0.1, 0.15) is 18.1 Å². The zero-order chi connectivity index (χ0) is 18.1. The van der Waals surface area contributed by atoms with Crippen molar-refractivity contribution in [3.05, 3.63) is 66.7 Å². The largest absolute Gasteiger partial charge is 0.494 e. The molecule has 0 fully saturated rings. The fourth-order valence-corrected chi connectivity index (χ4v) is 2.11. The summed E-state index contributed by atoms with van der Waals surface area (Å²) in [6, 6.07) is 14.4. The summed E-state index contributed by atoms with van der Waals surface area (Å²) in [5.74, 6) is 1.97. The van der Waals surface area contributed by atoms with Gasteiger partial charge in [-0.25, -0.2) is 0 Å². The van der Waals surface area contributed by atoms with Crippen molar-refractivity contribution in [2.45, 2.75) is 20.3 Å². The average molecular weight is 339 g/mol. The minimum absolute atomic E-state index is 0.163. The van der Waals surface area contributed by atoms with Gasteiger partial charge in [0, 0.05) is 11.3 Å². The number of carbonyl (C=O) groups is 1. The van der Waals surface area contributed by atoms with Gasteiger partial charge >= 0.3 is 0 Å². The molecule has 0 spiro atoms. The molecule has 2 aromatic rings. The highest BCUT2D eigenvalue weighted by Crippen LogP contribution is 2.18. The van der Waals surface area contributed by atoms with Gasteiger partial charge in [-0.1, -0.05) is 26.5 Å². The zero-order valence-corrected chi connectivity index (χ0v) is 14.8. The summed E-state index contributed by atoms with van der Waals surface area (Å²) in [7, 11) is 0. The van der Waals surface area contributed by atoms with Gasteiger partial charge in [0.05, 0.1) is 6.61 Å². The lowest BCUT2D eigenvalue weighted by molar-refractivity contribution is 0.102. The first kappa shape index (κ1) is 18.6. The van der Waals surface area contributed by atoms with Crippen LogP contribution in [0.2, 0.25) is 0 Å². The van der Waals surface area contributed by atoms with E-state index in [0.717, 1.165) is 17.9 Å². The second-order valence-corrected chi connectivity index (χ2v) is 6.13. The minimum Gasteiger partial charge on any atom is -0.494 e. The molecule has 0 saturated carbocycles. The Morgan fingerprint density at radius 3 is 2.24 bits per heavy atom. The minimum atomic E-state index is -0.163. The lowest BCUT2D eigenvalue weighted by Crippen LogP contribution is -2.11. The van der Waals surface area contributed by atoms with Crippen molar-refractivity contribution in [3.63, 3.8) is 0 Å². The molecule has 4 nitrogen and oxygen atoms in total. The molecule has 0 radical (unpaired) electrons. The monoisotopic (exact) mass is 339 g/mol. The molecule has 132 valence electrons. The number of anilines is 1. The van der Waals surface area contributed by atoms with Crippen LogP contribution in [-0.4, -0.2) is 19.1 Å². The molecule has 0 saturated heterocycles. The van der Waals surface area contributed by atoms with Crippen LogP contribution >= 0.6 is 0 Å². The van der Waals surface area contributed by atoms with Gasteiger partial charge in [0.15, 0.2) is 0 Å². The summed E-state index contributed by atoms with van der Waals surface area (Å²) in [6.45, 7) is 9.07. The molecular formula is C21H25NO3. The third-order valence-corrected chi connectivity index (χ3v) is 3.56. The molecule has 0 aliphatic carbocycles. The fourth-order valence-electron chi connectivity index (χ4n) is 2.11. The quantitative estimate of drug-likeness (QED) is 0.659. The van der Waals surface area contributed by atoms with Crippen LogP contribution in [0.4, 0.5) is 5.69 Å². The first-order valence-electron chi connectivity index (χ1n) is 8.46. The number of hydrogen-bond donors (Lipinski definition) is 1. The maximum Gasteiger partial charge on any atom is 0.255 e. The Labute approximate surface area is 149 Å². The van der Waals surface area contributed by atoms with Crippen LogP contribution in [0.1, 0.15) is 30.6 Å². The van der Waals surface area contributed by atoms with Crippen LogP contribution in [0.15, 0.2) is 61.2 Å². The lowest BCUT2D eigenvalue weighted by Gasteiger charge is -2.10. The highest BCUT2D eigenvalue weighted by Gasteiger charge is 2.06. The summed E-state index contributed by atoms with van der Waals surface area (Å²) >= 11 is 0. The molecule has 0 aliphatic heterocycles. The van der Waals surface area contributed by atoms with E-state index in [0.29, 0.717) is 30.4 Å². The Bertz CT molecular complexity index is 675. The van der Waals surface area contributed by atoms with Crippen molar-refractivity contribution in [1.82, 2.24) is 0 Å². The predicted octanol–water partition coefficient (Wildman–Crippen LogP) is 4.93. The first-order chi connectivity index (χ1) is 12.1. The number of amides is 1. The van der Waals surface area contributed by atoms with Gasteiger partial charge in [-0.2, -0.15) is 0 Å². The van der Waals surface area contributed by atoms with Crippen molar-refractivity contribution in [1.29, 1.82) is 0 Å². The molecule has 2 aromatic carbocycles. The third kappa shape index (κ3) is 6.34. The van der Waals surface area contributed by atoms with Crippen molar-refractivity contribution in [3.8, 4) is 11.5 Å². The van der Waals surface area contributed by atoms with E-state index in [9.17, 15) is 4.79 Å². The highest BCUT2D eigenvalue weighted by molar-refractivity contribution is 6.04. The Kier molecular flexibility index (Phi) is 7.08. The van der Waals surface area contributed by atoms with E-state index in [1.165, 1.54) is 0 Å². The van der Waals surface area contributed by atoms with E-state index in [1.807, 2.05) is 24.3 Å². The second-order valence-electron chi connectivity index (χ2n) is 6.13. The smallest absolute Gasteiger partial charge is 0.255 e. The van der Waals surface area contributed by atoms with Gasteiger partial charge in [-0.3, -0.25) is 4.79 Å². The van der Waals surface area contributed by atoms with Crippen LogP contribution in [-0.2, 0) is 0 Å². The topological polar surface area (TPSA) is 47.6 Å². The standard InChI is InChI=1S/C21H25NO3/c1-4-14-24-19-9-5-17(6-10-19)21(23)22-18-7-11-20(12-8-18)25-15-13-16(2)3/h4-12,16H,1,13-15H2,2-3H3,(H,22,23). The molecule has 1 amide bonds. The van der Waals surface area contributed by atoms with E-state index < -0.39 is 0 Å². The van der Waals surface area contributed by atoms with Gasteiger partial charge < -0.3 is 14.8 Å². The summed E-state index contributed by atoms with van der Waals surface area (Å²) in [6.07, 6.45) is 2.70. The summed E-state index contributed by atoms with van der Waals surface area (Å²) in [4.78, 5) is 12.3. The van der Waals surface area contributed by atoms with Gasteiger partial charge in [0.25, 0.3) is 5.91 Å². The summed E-state index contributed by atoms with van der Waals surface area (Å²) in [5.41, 5.74) is 1.30. The van der Waals surface area contributed by atoms with E-state index in [4.69, 9.17) is 9.47 Å². The molecule has 2 rings (SSSR count). The normalized spacial score (nSPS) is 10.4. The Morgan fingerprint density at radius 1 is 1.04 bits per heavy atom.